The highest BCUT2D eigenvalue weighted by Crippen LogP contribution is 2.07. The average Bonchev–Trinajstić information content (AvgIpc) is 2.22. The predicted molar refractivity (Wildman–Crippen MR) is 58.2 cm³/mol. The highest BCUT2D eigenvalue weighted by Gasteiger charge is 2.15. The van der Waals surface area contributed by atoms with Gasteiger partial charge in [0, 0.05) is 0 Å². The lowest BCUT2D eigenvalue weighted by Gasteiger charge is -2.12. The summed E-state index contributed by atoms with van der Waals surface area (Å²) < 4.78 is 4.68. The van der Waals surface area contributed by atoms with Crippen LogP contribution in [0.1, 0.15) is 45.4 Å². The Hall–Kier alpha value is -0.570. The largest absolute Gasteiger partial charge is 0.468 e. The Kier molecular flexibility index (Phi) is 8.64. The zero-order valence-corrected chi connectivity index (χ0v) is 9.64. The molecule has 0 heterocycles. The van der Waals surface area contributed by atoms with Crippen LogP contribution in [0.2, 0.25) is 0 Å². The van der Waals surface area contributed by atoms with E-state index in [1.54, 1.807) is 7.05 Å². The van der Waals surface area contributed by atoms with Crippen molar-refractivity contribution in [1.29, 1.82) is 0 Å². The van der Waals surface area contributed by atoms with Gasteiger partial charge in [-0.05, 0) is 13.5 Å². The average molecular weight is 201 g/mol. The lowest BCUT2D eigenvalue weighted by Crippen LogP contribution is -2.34. The maximum Gasteiger partial charge on any atom is 0.322 e. The van der Waals surface area contributed by atoms with Gasteiger partial charge in [0.1, 0.15) is 6.04 Å². The van der Waals surface area contributed by atoms with Gasteiger partial charge in [-0.25, -0.2) is 0 Å². The van der Waals surface area contributed by atoms with Crippen molar-refractivity contribution >= 4 is 5.97 Å². The molecule has 0 saturated carbocycles. The van der Waals surface area contributed by atoms with Crippen molar-refractivity contribution in [3.63, 3.8) is 0 Å². The number of likely N-dealkylation sites (N-methyl/N-ethyl adjacent to an activating group) is 1. The number of carbonyl (C=O) groups is 1. The third-order valence-corrected chi connectivity index (χ3v) is 2.43. The van der Waals surface area contributed by atoms with Gasteiger partial charge in [-0.15, -0.1) is 0 Å². The fourth-order valence-electron chi connectivity index (χ4n) is 1.47. The van der Waals surface area contributed by atoms with Crippen LogP contribution in [0, 0.1) is 0 Å². The molecule has 0 aromatic carbocycles. The third kappa shape index (κ3) is 5.97. The molecule has 14 heavy (non-hydrogen) atoms. The topological polar surface area (TPSA) is 38.3 Å². The van der Waals surface area contributed by atoms with Gasteiger partial charge in [0.2, 0.25) is 0 Å². The van der Waals surface area contributed by atoms with Crippen molar-refractivity contribution in [2.75, 3.05) is 14.2 Å². The predicted octanol–water partition coefficient (Wildman–Crippen LogP) is 2.11. The fraction of sp³-hybridized carbons (Fsp3) is 0.909. The zero-order chi connectivity index (χ0) is 10.8. The number of rotatable bonds is 8. The van der Waals surface area contributed by atoms with Crippen LogP contribution in [0.3, 0.4) is 0 Å². The van der Waals surface area contributed by atoms with Crippen molar-refractivity contribution in [1.82, 2.24) is 5.32 Å². The molecule has 0 bridgehead atoms. The second kappa shape index (κ2) is 9.00. The van der Waals surface area contributed by atoms with E-state index in [1.807, 2.05) is 0 Å². The molecule has 0 radical (unpaired) electrons. The minimum Gasteiger partial charge on any atom is -0.468 e. The van der Waals surface area contributed by atoms with Gasteiger partial charge in [0.25, 0.3) is 0 Å². The van der Waals surface area contributed by atoms with Crippen LogP contribution in [0.4, 0.5) is 0 Å². The molecule has 0 saturated heterocycles. The first-order valence-corrected chi connectivity index (χ1v) is 5.51. The summed E-state index contributed by atoms with van der Waals surface area (Å²) >= 11 is 0. The van der Waals surface area contributed by atoms with Gasteiger partial charge in [-0.1, -0.05) is 39.0 Å². The molecule has 1 unspecified atom stereocenters. The summed E-state index contributed by atoms with van der Waals surface area (Å²) in [4.78, 5) is 11.2. The van der Waals surface area contributed by atoms with Gasteiger partial charge in [-0.3, -0.25) is 4.79 Å². The van der Waals surface area contributed by atoms with Crippen LogP contribution < -0.4 is 5.32 Å². The van der Waals surface area contributed by atoms with Crippen LogP contribution in [0.25, 0.3) is 0 Å². The van der Waals surface area contributed by atoms with Crippen LogP contribution in [-0.4, -0.2) is 26.2 Å². The minimum absolute atomic E-state index is 0.123. The quantitative estimate of drug-likeness (QED) is 0.483. The van der Waals surface area contributed by atoms with Crippen LogP contribution in [-0.2, 0) is 9.53 Å². The summed E-state index contributed by atoms with van der Waals surface area (Å²) in [5.41, 5.74) is 0. The number of unbranched alkanes of at least 4 members (excludes halogenated alkanes) is 4. The van der Waals surface area contributed by atoms with E-state index >= 15 is 0 Å². The SMILES string of the molecule is CCCCCCCC(NC)C(=O)OC. The van der Waals surface area contributed by atoms with Crippen LogP contribution in [0.5, 0.6) is 0 Å². The molecule has 1 N–H and O–H groups in total. The summed E-state index contributed by atoms with van der Waals surface area (Å²) in [6.45, 7) is 2.20. The summed E-state index contributed by atoms with van der Waals surface area (Å²) in [7, 11) is 3.23. The van der Waals surface area contributed by atoms with E-state index in [0.29, 0.717) is 0 Å². The third-order valence-electron chi connectivity index (χ3n) is 2.43. The Morgan fingerprint density at radius 1 is 1.29 bits per heavy atom. The molecule has 3 nitrogen and oxygen atoms in total. The molecule has 0 amide bonds. The monoisotopic (exact) mass is 201 g/mol. The smallest absolute Gasteiger partial charge is 0.322 e. The lowest BCUT2D eigenvalue weighted by molar-refractivity contribution is -0.143. The van der Waals surface area contributed by atoms with Gasteiger partial charge < -0.3 is 10.1 Å². The Morgan fingerprint density at radius 3 is 2.43 bits per heavy atom. The van der Waals surface area contributed by atoms with Crippen molar-refractivity contribution in [3.05, 3.63) is 0 Å². The molecular weight excluding hydrogens is 178 g/mol. The molecule has 1 atom stereocenters. The lowest BCUT2D eigenvalue weighted by atomic mass is 10.1. The molecule has 0 spiro atoms. The standard InChI is InChI=1S/C11H23NO2/c1-4-5-6-7-8-9-10(12-2)11(13)14-3/h10,12H,4-9H2,1-3H3. The van der Waals surface area contributed by atoms with E-state index in [2.05, 4.69) is 17.0 Å². The van der Waals surface area contributed by atoms with Gasteiger partial charge in [0.15, 0.2) is 0 Å². The second-order valence-electron chi connectivity index (χ2n) is 3.57. The zero-order valence-electron chi connectivity index (χ0n) is 9.64. The normalized spacial score (nSPS) is 12.5. The first kappa shape index (κ1) is 13.4. The van der Waals surface area contributed by atoms with Gasteiger partial charge in [-0.2, -0.15) is 0 Å². The summed E-state index contributed by atoms with van der Waals surface area (Å²) in [5.74, 6) is -0.150. The van der Waals surface area contributed by atoms with E-state index in [-0.39, 0.29) is 12.0 Å². The maximum atomic E-state index is 11.2. The van der Waals surface area contributed by atoms with E-state index in [4.69, 9.17) is 0 Å². The Labute approximate surface area is 87.2 Å². The highest BCUT2D eigenvalue weighted by molar-refractivity contribution is 5.75. The summed E-state index contributed by atoms with van der Waals surface area (Å²) in [6.07, 6.45) is 7.01. The second-order valence-corrected chi connectivity index (χ2v) is 3.57. The first-order valence-electron chi connectivity index (χ1n) is 5.51. The molecule has 0 aliphatic rings. The summed E-state index contributed by atoms with van der Waals surface area (Å²) in [5, 5.41) is 2.97. The van der Waals surface area contributed by atoms with Crippen molar-refractivity contribution < 1.29 is 9.53 Å². The minimum atomic E-state index is -0.150. The van der Waals surface area contributed by atoms with E-state index < -0.39 is 0 Å². The van der Waals surface area contributed by atoms with Crippen molar-refractivity contribution in [3.8, 4) is 0 Å². The number of esters is 1. The van der Waals surface area contributed by atoms with Crippen molar-refractivity contribution in [2.24, 2.45) is 0 Å². The number of nitrogens with one attached hydrogen (secondary N) is 1. The molecule has 0 aliphatic heterocycles. The van der Waals surface area contributed by atoms with E-state index in [0.717, 1.165) is 12.8 Å². The Balaban J connectivity index is 3.48. The number of methoxy groups -OCH3 is 1. The van der Waals surface area contributed by atoms with Gasteiger partial charge in [0.05, 0.1) is 7.11 Å². The van der Waals surface area contributed by atoms with Crippen molar-refractivity contribution in [2.45, 2.75) is 51.5 Å². The van der Waals surface area contributed by atoms with Gasteiger partial charge >= 0.3 is 5.97 Å². The number of hydrogen-bond donors (Lipinski definition) is 1. The molecule has 84 valence electrons. The Morgan fingerprint density at radius 2 is 1.93 bits per heavy atom. The first-order chi connectivity index (χ1) is 6.76. The highest BCUT2D eigenvalue weighted by atomic mass is 16.5. The number of hydrogen-bond acceptors (Lipinski definition) is 3. The molecule has 0 rings (SSSR count). The van der Waals surface area contributed by atoms with E-state index in [9.17, 15) is 4.79 Å². The molecule has 0 fully saturated rings. The number of ether oxygens (including phenoxy) is 1. The summed E-state index contributed by atoms with van der Waals surface area (Å²) in [6, 6.07) is -0.123. The number of carbonyl (C=O) groups excluding carboxylic acids is 1. The molecular formula is C11H23NO2. The van der Waals surface area contributed by atoms with Crippen LogP contribution in [0.15, 0.2) is 0 Å². The molecule has 3 heteroatoms. The molecule has 0 aromatic rings. The Bertz CT molecular complexity index is 148. The maximum absolute atomic E-state index is 11.2. The molecule has 0 aliphatic carbocycles. The molecule has 0 aromatic heterocycles. The van der Waals surface area contributed by atoms with E-state index in [1.165, 1.54) is 32.8 Å². The fourth-order valence-corrected chi connectivity index (χ4v) is 1.47. The van der Waals surface area contributed by atoms with Crippen LogP contribution >= 0.6 is 0 Å².